The quantitative estimate of drug-likeness (QED) is 0.668. The molecule has 1 atom stereocenters. The number of benzene rings is 1. The van der Waals surface area contributed by atoms with Crippen LogP contribution in [0.5, 0.6) is 0 Å². The molecule has 1 amide bonds. The number of hydrogen-bond donors (Lipinski definition) is 1. The fraction of sp³-hybridized carbons (Fsp3) is 0.682. The van der Waals surface area contributed by atoms with Gasteiger partial charge >= 0.3 is 13.1 Å². The normalized spacial score (nSPS) is 21.9. The molecule has 2 fully saturated rings. The highest BCUT2D eigenvalue weighted by Gasteiger charge is 2.39. The van der Waals surface area contributed by atoms with Crippen LogP contribution in [0.2, 0.25) is 16.9 Å². The number of rotatable bonds is 4. The molecule has 2 aliphatic heterocycles. The van der Waals surface area contributed by atoms with Crippen molar-refractivity contribution < 1.29 is 14.6 Å². The smallest absolute Gasteiger partial charge is 0.410 e. The lowest BCUT2D eigenvalue weighted by Crippen LogP contribution is -2.60. The Balaban J connectivity index is 1.61. The molecule has 1 aromatic rings. The predicted molar refractivity (Wildman–Crippen MR) is 127 cm³/mol. The lowest BCUT2D eigenvalue weighted by molar-refractivity contribution is -0.0156. The zero-order valence-electron chi connectivity index (χ0n) is 19.0. The molecule has 2 heterocycles. The summed E-state index contributed by atoms with van der Waals surface area (Å²) in [5.41, 5.74) is 1.04. The molecule has 1 N–H and O–H groups in total. The third-order valence-electron chi connectivity index (χ3n) is 6.36. The lowest BCUT2D eigenvalue weighted by Gasteiger charge is -2.47. The number of ether oxygens (including phenoxy) is 1. The number of halogens is 2. The second-order valence-corrected chi connectivity index (χ2v) is 10.6. The molecule has 3 rings (SSSR count). The Morgan fingerprint density at radius 1 is 1.16 bits per heavy atom. The Kier molecular flexibility index (Phi) is 8.19. The average Bonchev–Trinajstić information content (AvgIpc) is 2.70. The molecule has 2 saturated heterocycles. The fourth-order valence-electron chi connectivity index (χ4n) is 4.42. The van der Waals surface area contributed by atoms with Crippen molar-refractivity contribution in [1.29, 1.82) is 0 Å². The summed E-state index contributed by atoms with van der Waals surface area (Å²) in [4.78, 5) is 19.4. The van der Waals surface area contributed by atoms with Gasteiger partial charge in [0.15, 0.2) is 0 Å². The summed E-state index contributed by atoms with van der Waals surface area (Å²) in [6, 6.07) is 5.79. The van der Waals surface area contributed by atoms with E-state index in [1.807, 2.05) is 27.9 Å². The van der Waals surface area contributed by atoms with Crippen LogP contribution in [0.1, 0.15) is 39.2 Å². The highest BCUT2D eigenvalue weighted by molar-refractivity contribution is 6.45. The molecule has 0 radical (unpaired) electrons. The van der Waals surface area contributed by atoms with Crippen LogP contribution in [0.4, 0.5) is 4.79 Å². The molecule has 0 aliphatic carbocycles. The molecule has 0 bridgehead atoms. The van der Waals surface area contributed by atoms with E-state index in [-0.39, 0.29) is 23.7 Å². The van der Waals surface area contributed by atoms with Crippen molar-refractivity contribution in [2.45, 2.75) is 59.1 Å². The van der Waals surface area contributed by atoms with Crippen molar-refractivity contribution in [3.8, 4) is 0 Å². The highest BCUT2D eigenvalue weighted by atomic mass is 35.5. The van der Waals surface area contributed by atoms with E-state index in [0.29, 0.717) is 16.6 Å². The summed E-state index contributed by atoms with van der Waals surface area (Å²) in [6.45, 7) is 12.7. The van der Waals surface area contributed by atoms with E-state index in [1.165, 1.54) is 0 Å². The minimum Gasteiger partial charge on any atom is -0.446 e. The van der Waals surface area contributed by atoms with Gasteiger partial charge in [0.05, 0.1) is 16.1 Å². The Morgan fingerprint density at radius 2 is 1.84 bits per heavy atom. The maximum Gasteiger partial charge on any atom is 0.410 e. The van der Waals surface area contributed by atoms with Crippen molar-refractivity contribution in [1.82, 2.24) is 14.6 Å². The SMILES string of the molecule is CB(O)N1CCC(OC(=O)N2CCN(Cc3ccc(Cl)c(Cl)c3)C[C@@H]2C(C)(C)C)CC1. The van der Waals surface area contributed by atoms with Crippen LogP contribution in [0, 0.1) is 5.41 Å². The number of hydrogen-bond acceptors (Lipinski definition) is 5. The Labute approximate surface area is 196 Å². The maximum atomic E-state index is 13.1. The minimum atomic E-state index is -0.453. The van der Waals surface area contributed by atoms with Crippen LogP contribution in [0.3, 0.4) is 0 Å². The van der Waals surface area contributed by atoms with Crippen LogP contribution in [-0.4, -0.2) is 77.6 Å². The Bertz CT molecular complexity index is 767. The van der Waals surface area contributed by atoms with Gasteiger partial charge in [-0.25, -0.2) is 4.79 Å². The van der Waals surface area contributed by atoms with Gasteiger partial charge in [0, 0.05) is 26.2 Å². The summed E-state index contributed by atoms with van der Waals surface area (Å²) < 4.78 is 5.89. The van der Waals surface area contributed by atoms with Gasteiger partial charge in [-0.1, -0.05) is 50.0 Å². The van der Waals surface area contributed by atoms with E-state index in [0.717, 1.165) is 51.1 Å². The van der Waals surface area contributed by atoms with Crippen molar-refractivity contribution >= 4 is 36.3 Å². The first-order valence-corrected chi connectivity index (χ1v) is 11.9. The third kappa shape index (κ3) is 6.51. The maximum absolute atomic E-state index is 13.1. The molecule has 2 aliphatic rings. The van der Waals surface area contributed by atoms with Crippen LogP contribution in [0.15, 0.2) is 18.2 Å². The first-order valence-electron chi connectivity index (χ1n) is 11.1. The Morgan fingerprint density at radius 3 is 2.42 bits per heavy atom. The molecule has 0 aromatic heterocycles. The van der Waals surface area contributed by atoms with E-state index < -0.39 is 7.05 Å². The van der Waals surface area contributed by atoms with Gasteiger partial charge in [0.1, 0.15) is 6.10 Å². The second-order valence-electron chi connectivity index (χ2n) is 9.81. The first-order chi connectivity index (χ1) is 14.5. The average molecular weight is 470 g/mol. The predicted octanol–water partition coefficient (Wildman–Crippen LogP) is 4.24. The summed E-state index contributed by atoms with van der Waals surface area (Å²) in [7, 11) is -0.453. The van der Waals surface area contributed by atoms with Gasteiger partial charge < -0.3 is 19.5 Å². The van der Waals surface area contributed by atoms with Crippen LogP contribution >= 0.6 is 23.2 Å². The van der Waals surface area contributed by atoms with Crippen LogP contribution in [-0.2, 0) is 11.3 Å². The summed E-state index contributed by atoms with van der Waals surface area (Å²) in [5, 5.41) is 10.8. The molecule has 1 aromatic carbocycles. The molecule has 172 valence electrons. The number of amides is 1. The molecular formula is C22H34BCl2N3O3. The summed E-state index contributed by atoms with van der Waals surface area (Å²) in [6.07, 6.45) is 1.21. The first kappa shape index (κ1) is 24.7. The molecule has 9 heteroatoms. The number of carbonyl (C=O) groups excluding carboxylic acids is 1. The van der Waals surface area contributed by atoms with E-state index in [4.69, 9.17) is 27.9 Å². The molecule has 0 unspecified atom stereocenters. The van der Waals surface area contributed by atoms with E-state index in [2.05, 4.69) is 25.7 Å². The van der Waals surface area contributed by atoms with E-state index in [9.17, 15) is 9.82 Å². The van der Waals surface area contributed by atoms with Gasteiger partial charge in [-0.2, -0.15) is 0 Å². The zero-order chi connectivity index (χ0) is 22.8. The number of piperazine rings is 1. The summed E-state index contributed by atoms with van der Waals surface area (Å²) in [5.74, 6) is 0. The van der Waals surface area contributed by atoms with Gasteiger partial charge in [0.2, 0.25) is 0 Å². The van der Waals surface area contributed by atoms with Gasteiger partial charge in [-0.05, 0) is 55.9 Å². The minimum absolute atomic E-state index is 0.0501. The third-order valence-corrected chi connectivity index (χ3v) is 7.10. The van der Waals surface area contributed by atoms with Gasteiger partial charge in [0.25, 0.3) is 0 Å². The molecule has 31 heavy (non-hydrogen) atoms. The summed E-state index contributed by atoms with van der Waals surface area (Å²) >= 11 is 12.2. The number of carbonyl (C=O) groups is 1. The fourth-order valence-corrected chi connectivity index (χ4v) is 4.74. The lowest BCUT2D eigenvalue weighted by atomic mass is 9.82. The molecule has 0 saturated carbocycles. The van der Waals surface area contributed by atoms with Crippen molar-refractivity contribution in [3.05, 3.63) is 33.8 Å². The number of piperidine rings is 1. The molecular weight excluding hydrogens is 436 g/mol. The number of nitrogens with zero attached hydrogens (tertiary/aromatic N) is 3. The van der Waals surface area contributed by atoms with Crippen LogP contribution < -0.4 is 0 Å². The zero-order valence-corrected chi connectivity index (χ0v) is 20.5. The standard InChI is InChI=1S/C22H34BCl2N3O3/c1-22(2,3)20-15-26(14-16-5-6-18(24)19(25)13-16)11-12-28(20)21(29)31-17-7-9-27(10-8-17)23(4)30/h5-6,13,17,20,30H,7-12,14-15H2,1-4H3/t20-/m1/s1. The van der Waals surface area contributed by atoms with Crippen molar-refractivity contribution in [2.24, 2.45) is 5.41 Å². The van der Waals surface area contributed by atoms with Gasteiger partial charge in [-0.15, -0.1) is 0 Å². The van der Waals surface area contributed by atoms with Crippen molar-refractivity contribution in [2.75, 3.05) is 32.7 Å². The largest absolute Gasteiger partial charge is 0.446 e. The highest BCUT2D eigenvalue weighted by Crippen LogP contribution is 2.30. The second kappa shape index (κ2) is 10.3. The molecule has 6 nitrogen and oxygen atoms in total. The van der Waals surface area contributed by atoms with Crippen molar-refractivity contribution in [3.63, 3.8) is 0 Å². The van der Waals surface area contributed by atoms with Crippen LogP contribution in [0.25, 0.3) is 0 Å². The molecule has 0 spiro atoms. The van der Waals surface area contributed by atoms with E-state index >= 15 is 0 Å². The monoisotopic (exact) mass is 469 g/mol. The Hall–Kier alpha value is -0.985. The topological polar surface area (TPSA) is 56.3 Å². The van der Waals surface area contributed by atoms with E-state index in [1.54, 1.807) is 6.82 Å². The van der Waals surface area contributed by atoms with Gasteiger partial charge in [-0.3, -0.25) is 4.90 Å².